The van der Waals surface area contributed by atoms with Gasteiger partial charge in [0, 0.05) is 40.8 Å². The van der Waals surface area contributed by atoms with E-state index in [2.05, 4.69) is 31.2 Å². The third-order valence-electron chi connectivity index (χ3n) is 2.80. The zero-order valence-electron chi connectivity index (χ0n) is 9.78. The van der Waals surface area contributed by atoms with Gasteiger partial charge in [-0.2, -0.15) is 0 Å². The SMILES string of the molecule is CCc1nc(Br)cc(NC2CCS(=O)CC2)n1. The molecule has 0 radical (unpaired) electrons. The number of aromatic nitrogens is 2. The lowest BCUT2D eigenvalue weighted by Crippen LogP contribution is -2.29. The summed E-state index contributed by atoms with van der Waals surface area (Å²) < 4.78 is 12.1. The topological polar surface area (TPSA) is 54.9 Å². The maximum absolute atomic E-state index is 11.3. The second-order valence-corrected chi connectivity index (χ2v) is 6.62. The lowest BCUT2D eigenvalue weighted by molar-refractivity contribution is 0.622. The van der Waals surface area contributed by atoms with Gasteiger partial charge < -0.3 is 5.32 Å². The Morgan fingerprint density at radius 3 is 2.82 bits per heavy atom. The molecule has 0 bridgehead atoms. The number of nitrogens with zero attached hydrogens (tertiary/aromatic N) is 2. The predicted molar refractivity (Wildman–Crippen MR) is 73.6 cm³/mol. The lowest BCUT2D eigenvalue weighted by Gasteiger charge is -2.23. The van der Waals surface area contributed by atoms with Gasteiger partial charge in [0.05, 0.1) is 0 Å². The Hall–Kier alpha value is -0.490. The van der Waals surface area contributed by atoms with E-state index in [9.17, 15) is 4.21 Å². The van der Waals surface area contributed by atoms with Crippen molar-refractivity contribution in [2.45, 2.75) is 32.2 Å². The van der Waals surface area contributed by atoms with E-state index in [-0.39, 0.29) is 0 Å². The first kappa shape index (κ1) is 13.0. The Balaban J connectivity index is 2.02. The van der Waals surface area contributed by atoms with Crippen molar-refractivity contribution in [3.8, 4) is 0 Å². The van der Waals surface area contributed by atoms with Gasteiger partial charge in [0.15, 0.2) is 0 Å². The van der Waals surface area contributed by atoms with Crippen LogP contribution in [0.25, 0.3) is 0 Å². The van der Waals surface area contributed by atoms with Crippen LogP contribution in [0.4, 0.5) is 5.82 Å². The summed E-state index contributed by atoms with van der Waals surface area (Å²) in [4.78, 5) is 8.71. The summed E-state index contributed by atoms with van der Waals surface area (Å²) in [6.07, 6.45) is 2.73. The van der Waals surface area contributed by atoms with Crippen LogP contribution in [0.1, 0.15) is 25.6 Å². The minimum Gasteiger partial charge on any atom is -0.367 e. The highest BCUT2D eigenvalue weighted by atomic mass is 79.9. The van der Waals surface area contributed by atoms with Gasteiger partial charge in [-0.15, -0.1) is 0 Å². The Kier molecular flexibility index (Phi) is 4.50. The molecule has 0 aliphatic carbocycles. The van der Waals surface area contributed by atoms with E-state index in [1.165, 1.54) is 0 Å². The van der Waals surface area contributed by atoms with E-state index in [0.717, 1.165) is 47.0 Å². The van der Waals surface area contributed by atoms with Crippen LogP contribution in [0.2, 0.25) is 0 Å². The van der Waals surface area contributed by atoms with Crippen LogP contribution >= 0.6 is 15.9 Å². The maximum Gasteiger partial charge on any atom is 0.131 e. The zero-order chi connectivity index (χ0) is 12.3. The molecule has 17 heavy (non-hydrogen) atoms. The molecular formula is C11H16BrN3OS. The van der Waals surface area contributed by atoms with Crippen LogP contribution < -0.4 is 5.32 Å². The fraction of sp³-hybridized carbons (Fsp3) is 0.636. The minimum atomic E-state index is -0.611. The standard InChI is InChI=1S/C11H16BrN3OS/c1-2-10-14-9(12)7-11(15-10)13-8-3-5-17(16)6-4-8/h7-8H,2-6H2,1H3,(H,13,14,15). The Morgan fingerprint density at radius 2 is 2.18 bits per heavy atom. The molecule has 2 rings (SSSR count). The van der Waals surface area contributed by atoms with Crippen molar-refractivity contribution >= 4 is 32.5 Å². The van der Waals surface area contributed by atoms with Crippen molar-refractivity contribution < 1.29 is 4.21 Å². The van der Waals surface area contributed by atoms with E-state index >= 15 is 0 Å². The smallest absolute Gasteiger partial charge is 0.131 e. The molecule has 0 aromatic carbocycles. The highest BCUT2D eigenvalue weighted by Crippen LogP contribution is 2.17. The van der Waals surface area contributed by atoms with Crippen molar-refractivity contribution in [1.82, 2.24) is 9.97 Å². The number of rotatable bonds is 3. The molecule has 1 aliphatic rings. The molecule has 1 N–H and O–H groups in total. The van der Waals surface area contributed by atoms with Gasteiger partial charge in [0.1, 0.15) is 16.2 Å². The van der Waals surface area contributed by atoms with Gasteiger partial charge in [-0.3, -0.25) is 4.21 Å². The predicted octanol–water partition coefficient (Wildman–Crippen LogP) is 2.12. The second-order valence-electron chi connectivity index (χ2n) is 4.11. The molecular weight excluding hydrogens is 302 g/mol. The molecule has 0 amide bonds. The monoisotopic (exact) mass is 317 g/mol. The van der Waals surface area contributed by atoms with Gasteiger partial charge in [0.2, 0.25) is 0 Å². The molecule has 1 aromatic heterocycles. The first-order chi connectivity index (χ1) is 8.17. The first-order valence-electron chi connectivity index (χ1n) is 5.82. The quantitative estimate of drug-likeness (QED) is 0.868. The molecule has 1 saturated heterocycles. The van der Waals surface area contributed by atoms with Crippen molar-refractivity contribution in [2.24, 2.45) is 0 Å². The summed E-state index contributed by atoms with van der Waals surface area (Å²) >= 11 is 3.39. The van der Waals surface area contributed by atoms with Gasteiger partial charge in [0.25, 0.3) is 0 Å². The minimum absolute atomic E-state index is 0.388. The number of halogens is 1. The largest absolute Gasteiger partial charge is 0.367 e. The zero-order valence-corrected chi connectivity index (χ0v) is 12.2. The highest BCUT2D eigenvalue weighted by molar-refractivity contribution is 9.10. The molecule has 0 unspecified atom stereocenters. The van der Waals surface area contributed by atoms with Crippen molar-refractivity contribution in [3.63, 3.8) is 0 Å². The summed E-state index contributed by atoms with van der Waals surface area (Å²) in [6.45, 7) is 2.04. The molecule has 2 heterocycles. The molecule has 1 aromatic rings. The molecule has 1 fully saturated rings. The number of hydrogen-bond donors (Lipinski definition) is 1. The third kappa shape index (κ3) is 3.74. The fourth-order valence-corrected chi connectivity index (χ4v) is 3.56. The number of hydrogen-bond acceptors (Lipinski definition) is 4. The molecule has 94 valence electrons. The van der Waals surface area contributed by atoms with Crippen LogP contribution in [-0.2, 0) is 17.2 Å². The average Bonchev–Trinajstić information content (AvgIpc) is 2.31. The number of nitrogens with one attached hydrogen (secondary N) is 1. The molecule has 0 spiro atoms. The van der Waals surface area contributed by atoms with Gasteiger partial charge >= 0.3 is 0 Å². The van der Waals surface area contributed by atoms with E-state index in [1.807, 2.05) is 13.0 Å². The second kappa shape index (κ2) is 5.91. The van der Waals surface area contributed by atoms with Gasteiger partial charge in [-0.1, -0.05) is 6.92 Å². The summed E-state index contributed by atoms with van der Waals surface area (Å²) in [5.74, 6) is 3.29. The normalized spacial score (nSPS) is 24.6. The molecule has 6 heteroatoms. The summed E-state index contributed by atoms with van der Waals surface area (Å²) in [5.41, 5.74) is 0. The Labute approximate surface area is 112 Å². The summed E-state index contributed by atoms with van der Waals surface area (Å²) in [7, 11) is -0.611. The van der Waals surface area contributed by atoms with Crippen molar-refractivity contribution in [2.75, 3.05) is 16.8 Å². The van der Waals surface area contributed by atoms with Crippen LogP contribution in [0.5, 0.6) is 0 Å². The Bertz CT molecular complexity index is 417. The van der Waals surface area contributed by atoms with Gasteiger partial charge in [-0.25, -0.2) is 9.97 Å². The molecule has 4 nitrogen and oxygen atoms in total. The Morgan fingerprint density at radius 1 is 1.47 bits per heavy atom. The van der Waals surface area contributed by atoms with E-state index in [4.69, 9.17) is 0 Å². The van der Waals surface area contributed by atoms with Crippen LogP contribution in [0.3, 0.4) is 0 Å². The number of anilines is 1. The highest BCUT2D eigenvalue weighted by Gasteiger charge is 2.18. The fourth-order valence-electron chi connectivity index (χ4n) is 1.84. The average molecular weight is 318 g/mol. The van der Waals surface area contributed by atoms with Gasteiger partial charge in [-0.05, 0) is 28.8 Å². The molecule has 1 aliphatic heterocycles. The van der Waals surface area contributed by atoms with E-state index in [1.54, 1.807) is 0 Å². The number of aryl methyl sites for hydroxylation is 1. The molecule has 0 atom stereocenters. The lowest BCUT2D eigenvalue weighted by atomic mass is 10.1. The van der Waals surface area contributed by atoms with E-state index < -0.39 is 10.8 Å². The van der Waals surface area contributed by atoms with Crippen LogP contribution in [-0.4, -0.2) is 31.7 Å². The van der Waals surface area contributed by atoms with Crippen LogP contribution in [0, 0.1) is 0 Å². The van der Waals surface area contributed by atoms with Crippen molar-refractivity contribution in [1.29, 1.82) is 0 Å². The third-order valence-corrected chi connectivity index (χ3v) is 4.59. The van der Waals surface area contributed by atoms with E-state index in [0.29, 0.717) is 6.04 Å². The molecule has 0 saturated carbocycles. The van der Waals surface area contributed by atoms with Crippen LogP contribution in [0.15, 0.2) is 10.7 Å². The first-order valence-corrected chi connectivity index (χ1v) is 8.10. The maximum atomic E-state index is 11.3. The summed E-state index contributed by atoms with van der Waals surface area (Å²) in [5, 5.41) is 3.40. The summed E-state index contributed by atoms with van der Waals surface area (Å²) in [6, 6.07) is 2.28. The van der Waals surface area contributed by atoms with Crippen molar-refractivity contribution in [3.05, 3.63) is 16.5 Å².